The molecule has 2 fully saturated rings. The van der Waals surface area contributed by atoms with Crippen molar-refractivity contribution in [1.29, 1.82) is 0 Å². The number of aromatic nitrogens is 2. The fourth-order valence-corrected chi connectivity index (χ4v) is 3.53. The van der Waals surface area contributed by atoms with Gasteiger partial charge in [0.1, 0.15) is 0 Å². The van der Waals surface area contributed by atoms with Crippen LogP contribution in [0.15, 0.2) is 36.7 Å². The minimum absolute atomic E-state index is 0.0965. The van der Waals surface area contributed by atoms with Crippen molar-refractivity contribution in [3.8, 4) is 5.69 Å². The Hall–Kier alpha value is -1.81. The normalized spacial score (nSPS) is 19.4. The number of rotatable bonds is 2. The minimum atomic E-state index is 0.0965. The zero-order valence-corrected chi connectivity index (χ0v) is 13.1. The molecule has 5 heteroatoms. The number of hydrogen-bond acceptors (Lipinski definition) is 2. The molecule has 1 saturated heterocycles. The predicted molar refractivity (Wildman–Crippen MR) is 85.4 cm³/mol. The van der Waals surface area contributed by atoms with E-state index in [0.717, 1.165) is 25.2 Å². The number of nitrogens with zero attached hydrogens (tertiary/aromatic N) is 3. The van der Waals surface area contributed by atoms with Crippen molar-refractivity contribution in [3.63, 3.8) is 0 Å². The predicted octanol–water partition coefficient (Wildman–Crippen LogP) is 3.54. The number of carbonyl (C=O) groups is 1. The van der Waals surface area contributed by atoms with Crippen LogP contribution in [-0.2, 0) is 0 Å². The first-order chi connectivity index (χ1) is 10.7. The van der Waals surface area contributed by atoms with Crippen LogP contribution in [0.25, 0.3) is 5.69 Å². The summed E-state index contributed by atoms with van der Waals surface area (Å²) in [6.07, 6.45) is 8.39. The van der Waals surface area contributed by atoms with Crippen molar-refractivity contribution in [2.45, 2.75) is 25.7 Å². The number of carbonyl (C=O) groups excluding carboxylic acids is 1. The molecule has 2 heterocycles. The maximum Gasteiger partial charge on any atom is 0.257 e. The number of piperidine rings is 1. The lowest BCUT2D eigenvalue weighted by atomic mass is 9.95. The molecule has 1 aromatic heterocycles. The van der Waals surface area contributed by atoms with Gasteiger partial charge in [-0.3, -0.25) is 4.79 Å². The van der Waals surface area contributed by atoms with Crippen molar-refractivity contribution in [2.24, 2.45) is 5.41 Å². The van der Waals surface area contributed by atoms with Gasteiger partial charge in [0.15, 0.2) is 0 Å². The largest absolute Gasteiger partial charge is 0.338 e. The fourth-order valence-electron chi connectivity index (χ4n) is 3.34. The van der Waals surface area contributed by atoms with E-state index in [-0.39, 0.29) is 5.91 Å². The van der Waals surface area contributed by atoms with Gasteiger partial charge in [0, 0.05) is 24.3 Å². The van der Waals surface area contributed by atoms with Crippen molar-refractivity contribution in [2.75, 3.05) is 13.1 Å². The highest BCUT2D eigenvalue weighted by molar-refractivity contribution is 6.30. The Morgan fingerprint density at radius 1 is 1.27 bits per heavy atom. The van der Waals surface area contributed by atoms with E-state index in [1.165, 1.54) is 19.3 Å². The molecule has 1 aliphatic heterocycles. The molecule has 4 rings (SSSR count). The highest BCUT2D eigenvalue weighted by Crippen LogP contribution is 2.52. The van der Waals surface area contributed by atoms with Crippen molar-refractivity contribution < 1.29 is 4.79 Å². The van der Waals surface area contributed by atoms with Crippen LogP contribution >= 0.6 is 11.6 Å². The molecule has 1 aliphatic carbocycles. The highest BCUT2D eigenvalue weighted by atomic mass is 35.5. The van der Waals surface area contributed by atoms with Crippen molar-refractivity contribution in [3.05, 3.63) is 47.2 Å². The van der Waals surface area contributed by atoms with Crippen LogP contribution in [0.1, 0.15) is 36.0 Å². The van der Waals surface area contributed by atoms with Gasteiger partial charge in [0.2, 0.25) is 0 Å². The molecule has 1 amide bonds. The van der Waals surface area contributed by atoms with E-state index in [9.17, 15) is 4.79 Å². The smallest absolute Gasteiger partial charge is 0.257 e. The SMILES string of the molecule is O=C(c1cnn(-c2cccc(Cl)c2)c1)N1CCCC2(CC2)C1. The number of halogens is 1. The summed E-state index contributed by atoms with van der Waals surface area (Å²) in [6.45, 7) is 1.77. The standard InChI is InChI=1S/C17H18ClN3O/c18-14-3-1-4-15(9-14)21-11-13(10-19-21)16(22)20-8-2-5-17(12-20)6-7-17/h1,3-4,9-11H,2,5-8,12H2. The summed E-state index contributed by atoms with van der Waals surface area (Å²) in [7, 11) is 0. The van der Waals surface area contributed by atoms with Gasteiger partial charge in [-0.25, -0.2) is 4.68 Å². The molecule has 0 radical (unpaired) electrons. The van der Waals surface area contributed by atoms with Gasteiger partial charge < -0.3 is 4.90 Å². The Kier molecular flexibility index (Phi) is 3.22. The summed E-state index contributed by atoms with van der Waals surface area (Å²) < 4.78 is 1.70. The van der Waals surface area contributed by atoms with Crippen LogP contribution in [0.2, 0.25) is 5.02 Å². The molecular formula is C17H18ClN3O. The maximum atomic E-state index is 12.7. The molecular weight excluding hydrogens is 298 g/mol. The van der Waals surface area contributed by atoms with Gasteiger partial charge in [0.05, 0.1) is 17.4 Å². The number of amides is 1. The van der Waals surface area contributed by atoms with Gasteiger partial charge in [-0.1, -0.05) is 17.7 Å². The van der Waals surface area contributed by atoms with Gasteiger partial charge in [-0.15, -0.1) is 0 Å². The first-order valence-corrected chi connectivity index (χ1v) is 8.13. The third-order valence-electron chi connectivity index (χ3n) is 4.81. The third-order valence-corrected chi connectivity index (χ3v) is 5.04. The number of likely N-dealkylation sites (tertiary alicyclic amines) is 1. The van der Waals surface area contributed by atoms with E-state index in [1.54, 1.807) is 17.1 Å². The average Bonchev–Trinajstić information content (AvgIpc) is 3.09. The summed E-state index contributed by atoms with van der Waals surface area (Å²) in [5, 5.41) is 4.97. The minimum Gasteiger partial charge on any atom is -0.338 e. The molecule has 0 unspecified atom stereocenters. The van der Waals surface area contributed by atoms with E-state index in [0.29, 0.717) is 16.0 Å². The molecule has 4 nitrogen and oxygen atoms in total. The highest BCUT2D eigenvalue weighted by Gasteiger charge is 2.46. The lowest BCUT2D eigenvalue weighted by molar-refractivity contribution is 0.0654. The molecule has 0 bridgehead atoms. The van der Waals surface area contributed by atoms with E-state index in [2.05, 4.69) is 5.10 Å². The molecule has 2 aromatic rings. The molecule has 0 N–H and O–H groups in total. The van der Waals surface area contributed by atoms with Crippen LogP contribution in [-0.4, -0.2) is 33.7 Å². The van der Waals surface area contributed by atoms with Crippen molar-refractivity contribution >= 4 is 17.5 Å². The molecule has 1 saturated carbocycles. The topological polar surface area (TPSA) is 38.1 Å². The second kappa shape index (κ2) is 5.13. The monoisotopic (exact) mass is 315 g/mol. The Balaban J connectivity index is 1.54. The lowest BCUT2D eigenvalue weighted by Crippen LogP contribution is -2.40. The quantitative estimate of drug-likeness (QED) is 0.850. The number of hydrogen-bond donors (Lipinski definition) is 0. The molecule has 1 aromatic carbocycles. The second-order valence-electron chi connectivity index (χ2n) is 6.48. The van der Waals surface area contributed by atoms with Crippen LogP contribution < -0.4 is 0 Å². The van der Waals surface area contributed by atoms with Crippen molar-refractivity contribution in [1.82, 2.24) is 14.7 Å². The van der Waals surface area contributed by atoms with E-state index in [1.807, 2.05) is 29.2 Å². The van der Waals surface area contributed by atoms with Gasteiger partial charge in [-0.2, -0.15) is 5.10 Å². The zero-order valence-electron chi connectivity index (χ0n) is 12.3. The molecule has 114 valence electrons. The summed E-state index contributed by atoms with van der Waals surface area (Å²) in [6, 6.07) is 7.46. The van der Waals surface area contributed by atoms with E-state index >= 15 is 0 Å². The Morgan fingerprint density at radius 3 is 2.91 bits per heavy atom. The molecule has 22 heavy (non-hydrogen) atoms. The van der Waals surface area contributed by atoms with Crippen LogP contribution in [0, 0.1) is 5.41 Å². The first-order valence-electron chi connectivity index (χ1n) is 7.75. The Labute approximate surface area is 134 Å². The third kappa shape index (κ3) is 2.52. The van der Waals surface area contributed by atoms with Gasteiger partial charge >= 0.3 is 0 Å². The molecule has 2 aliphatic rings. The van der Waals surface area contributed by atoms with Gasteiger partial charge in [-0.05, 0) is 49.3 Å². The van der Waals surface area contributed by atoms with Gasteiger partial charge in [0.25, 0.3) is 5.91 Å². The first kappa shape index (κ1) is 13.8. The summed E-state index contributed by atoms with van der Waals surface area (Å²) >= 11 is 6.01. The summed E-state index contributed by atoms with van der Waals surface area (Å²) in [5.41, 5.74) is 1.96. The van der Waals surface area contributed by atoms with Crippen LogP contribution in [0.4, 0.5) is 0 Å². The summed E-state index contributed by atoms with van der Waals surface area (Å²) in [5.74, 6) is 0.0965. The fraction of sp³-hybridized carbons (Fsp3) is 0.412. The second-order valence-corrected chi connectivity index (χ2v) is 6.92. The average molecular weight is 316 g/mol. The zero-order chi connectivity index (χ0) is 15.2. The van der Waals surface area contributed by atoms with Crippen LogP contribution in [0.3, 0.4) is 0 Å². The number of benzene rings is 1. The molecule has 1 spiro atoms. The lowest BCUT2D eigenvalue weighted by Gasteiger charge is -2.32. The maximum absolute atomic E-state index is 12.7. The van der Waals surface area contributed by atoms with E-state index in [4.69, 9.17) is 11.6 Å². The van der Waals surface area contributed by atoms with E-state index < -0.39 is 0 Å². The molecule has 0 atom stereocenters. The van der Waals surface area contributed by atoms with Crippen LogP contribution in [0.5, 0.6) is 0 Å². The summed E-state index contributed by atoms with van der Waals surface area (Å²) in [4.78, 5) is 14.7. The Morgan fingerprint density at radius 2 is 2.14 bits per heavy atom. The Bertz CT molecular complexity index is 720.